The molecule has 18 heavy (non-hydrogen) atoms. The molecule has 0 aromatic rings. The normalized spacial score (nSPS) is 26.1. The predicted molar refractivity (Wildman–Crippen MR) is 69.3 cm³/mol. The van der Waals surface area contributed by atoms with Crippen molar-refractivity contribution in [1.82, 2.24) is 4.90 Å². The number of aliphatic hydroxyl groups is 1. The molecule has 1 heterocycles. The van der Waals surface area contributed by atoms with Crippen molar-refractivity contribution in [2.45, 2.75) is 63.0 Å². The lowest BCUT2D eigenvalue weighted by Crippen LogP contribution is -2.46. The lowest BCUT2D eigenvalue weighted by molar-refractivity contribution is -0.145. The standard InChI is InChI=1S/C14H25NO3/c1-18-14(7-4-8-14)11-13(17)15-9-2-5-12(15)6-3-10-16/h12,16H,2-11H2,1H3. The zero-order valence-electron chi connectivity index (χ0n) is 11.4. The van der Waals surface area contributed by atoms with Crippen molar-refractivity contribution in [3.05, 3.63) is 0 Å². The average molecular weight is 255 g/mol. The van der Waals surface area contributed by atoms with E-state index in [2.05, 4.69) is 0 Å². The van der Waals surface area contributed by atoms with E-state index < -0.39 is 0 Å². The Labute approximate surface area is 109 Å². The maximum atomic E-state index is 12.4. The second-order valence-corrected chi connectivity index (χ2v) is 5.67. The SMILES string of the molecule is COC1(CC(=O)N2CCCC2CCCO)CCC1. The van der Waals surface area contributed by atoms with Gasteiger partial charge in [0.25, 0.3) is 0 Å². The van der Waals surface area contributed by atoms with E-state index in [9.17, 15) is 4.79 Å². The summed E-state index contributed by atoms with van der Waals surface area (Å²) in [6.45, 7) is 1.11. The summed E-state index contributed by atoms with van der Waals surface area (Å²) < 4.78 is 5.53. The van der Waals surface area contributed by atoms with E-state index in [0.29, 0.717) is 12.5 Å². The molecule has 1 saturated heterocycles. The predicted octanol–water partition coefficient (Wildman–Crippen LogP) is 1.71. The molecule has 1 aliphatic carbocycles. The van der Waals surface area contributed by atoms with Crippen molar-refractivity contribution in [1.29, 1.82) is 0 Å². The van der Waals surface area contributed by atoms with Crippen molar-refractivity contribution in [3.63, 3.8) is 0 Å². The number of hydrogen-bond acceptors (Lipinski definition) is 3. The summed E-state index contributed by atoms with van der Waals surface area (Å²) in [6, 6.07) is 0.346. The fourth-order valence-corrected chi connectivity index (χ4v) is 3.19. The summed E-state index contributed by atoms with van der Waals surface area (Å²) in [5, 5.41) is 8.90. The van der Waals surface area contributed by atoms with Crippen molar-refractivity contribution < 1.29 is 14.6 Å². The van der Waals surface area contributed by atoms with Crippen LogP contribution in [0.15, 0.2) is 0 Å². The van der Waals surface area contributed by atoms with Gasteiger partial charge in [-0.1, -0.05) is 0 Å². The van der Waals surface area contributed by atoms with Crippen LogP contribution in [0.2, 0.25) is 0 Å². The molecule has 4 heteroatoms. The molecule has 0 bridgehead atoms. The van der Waals surface area contributed by atoms with Crippen LogP contribution >= 0.6 is 0 Å². The number of rotatable bonds is 6. The van der Waals surface area contributed by atoms with E-state index in [1.807, 2.05) is 4.90 Å². The van der Waals surface area contributed by atoms with Gasteiger partial charge in [-0.25, -0.2) is 0 Å². The molecule has 2 aliphatic rings. The molecule has 0 radical (unpaired) electrons. The number of aliphatic hydroxyl groups excluding tert-OH is 1. The fraction of sp³-hybridized carbons (Fsp3) is 0.929. The van der Waals surface area contributed by atoms with Gasteiger partial charge in [-0.05, 0) is 44.9 Å². The zero-order chi connectivity index (χ0) is 13.0. The van der Waals surface area contributed by atoms with Gasteiger partial charge in [0.15, 0.2) is 0 Å². The minimum atomic E-state index is -0.165. The van der Waals surface area contributed by atoms with Gasteiger partial charge in [0.2, 0.25) is 5.91 Å². The molecule has 1 N–H and O–H groups in total. The van der Waals surface area contributed by atoms with Crippen LogP contribution in [0.1, 0.15) is 51.4 Å². The highest BCUT2D eigenvalue weighted by Gasteiger charge is 2.41. The highest BCUT2D eigenvalue weighted by molar-refractivity contribution is 5.78. The van der Waals surface area contributed by atoms with E-state index in [1.165, 1.54) is 6.42 Å². The summed E-state index contributed by atoms with van der Waals surface area (Å²) in [4.78, 5) is 14.4. The van der Waals surface area contributed by atoms with Gasteiger partial charge in [-0.15, -0.1) is 0 Å². The molecule has 0 spiro atoms. The lowest BCUT2D eigenvalue weighted by atomic mass is 9.77. The molecule has 0 aromatic heterocycles. The average Bonchev–Trinajstić information content (AvgIpc) is 2.79. The Balaban J connectivity index is 1.87. The summed E-state index contributed by atoms with van der Waals surface area (Å²) >= 11 is 0. The molecule has 2 fully saturated rings. The number of ether oxygens (including phenoxy) is 1. The van der Waals surface area contributed by atoms with Gasteiger partial charge in [0, 0.05) is 26.3 Å². The molecule has 1 saturated carbocycles. The van der Waals surface area contributed by atoms with Crippen molar-refractivity contribution in [2.24, 2.45) is 0 Å². The third-order valence-corrected chi connectivity index (χ3v) is 4.56. The van der Waals surface area contributed by atoms with Gasteiger partial charge < -0.3 is 14.7 Å². The summed E-state index contributed by atoms with van der Waals surface area (Å²) in [5.41, 5.74) is -0.165. The van der Waals surface area contributed by atoms with Gasteiger partial charge in [-0.3, -0.25) is 4.79 Å². The molecule has 2 rings (SSSR count). The van der Waals surface area contributed by atoms with Crippen molar-refractivity contribution >= 4 is 5.91 Å². The maximum absolute atomic E-state index is 12.4. The Bertz CT molecular complexity index is 283. The molecule has 1 amide bonds. The smallest absolute Gasteiger partial charge is 0.225 e. The molecule has 1 unspecified atom stereocenters. The molecular weight excluding hydrogens is 230 g/mol. The molecule has 4 nitrogen and oxygen atoms in total. The van der Waals surface area contributed by atoms with Gasteiger partial charge in [0.05, 0.1) is 12.0 Å². The van der Waals surface area contributed by atoms with Crippen LogP contribution < -0.4 is 0 Å². The minimum absolute atomic E-state index is 0.165. The minimum Gasteiger partial charge on any atom is -0.396 e. The third-order valence-electron chi connectivity index (χ3n) is 4.56. The Morgan fingerprint density at radius 2 is 2.22 bits per heavy atom. The van der Waals surface area contributed by atoms with E-state index in [1.54, 1.807) is 7.11 Å². The first-order valence-electron chi connectivity index (χ1n) is 7.16. The van der Waals surface area contributed by atoms with Gasteiger partial charge in [-0.2, -0.15) is 0 Å². The molecule has 1 aliphatic heterocycles. The Morgan fingerprint density at radius 3 is 2.78 bits per heavy atom. The fourth-order valence-electron chi connectivity index (χ4n) is 3.19. The van der Waals surface area contributed by atoms with E-state index in [0.717, 1.165) is 45.1 Å². The van der Waals surface area contributed by atoms with Crippen LogP contribution in [0, 0.1) is 0 Å². The number of amides is 1. The van der Waals surface area contributed by atoms with Crippen LogP contribution in [-0.2, 0) is 9.53 Å². The molecule has 0 aromatic carbocycles. The highest BCUT2D eigenvalue weighted by atomic mass is 16.5. The number of hydrogen-bond donors (Lipinski definition) is 1. The second kappa shape index (κ2) is 6.02. The highest BCUT2D eigenvalue weighted by Crippen LogP contribution is 2.39. The Hall–Kier alpha value is -0.610. The van der Waals surface area contributed by atoms with Crippen LogP contribution in [0.3, 0.4) is 0 Å². The number of nitrogens with zero attached hydrogens (tertiary/aromatic N) is 1. The first-order valence-corrected chi connectivity index (χ1v) is 7.16. The third kappa shape index (κ3) is 2.86. The first-order chi connectivity index (χ1) is 8.71. The van der Waals surface area contributed by atoms with Crippen LogP contribution in [-0.4, -0.2) is 47.8 Å². The molecular formula is C14H25NO3. The number of methoxy groups -OCH3 is 1. The van der Waals surface area contributed by atoms with Crippen molar-refractivity contribution in [2.75, 3.05) is 20.3 Å². The summed E-state index contributed by atoms with van der Waals surface area (Å²) in [6.07, 6.45) is 7.67. The van der Waals surface area contributed by atoms with Crippen LogP contribution in [0.5, 0.6) is 0 Å². The lowest BCUT2D eigenvalue weighted by Gasteiger charge is -2.41. The zero-order valence-corrected chi connectivity index (χ0v) is 11.4. The van der Waals surface area contributed by atoms with E-state index in [-0.39, 0.29) is 18.1 Å². The largest absolute Gasteiger partial charge is 0.396 e. The number of likely N-dealkylation sites (tertiary alicyclic amines) is 1. The molecule has 104 valence electrons. The van der Waals surface area contributed by atoms with Crippen LogP contribution in [0.4, 0.5) is 0 Å². The quantitative estimate of drug-likeness (QED) is 0.786. The van der Waals surface area contributed by atoms with Crippen molar-refractivity contribution in [3.8, 4) is 0 Å². The maximum Gasteiger partial charge on any atom is 0.225 e. The summed E-state index contributed by atoms with van der Waals surface area (Å²) in [5.74, 6) is 0.247. The number of carbonyl (C=O) groups excluding carboxylic acids is 1. The Morgan fingerprint density at radius 1 is 1.44 bits per heavy atom. The van der Waals surface area contributed by atoms with Crippen LogP contribution in [0.25, 0.3) is 0 Å². The Kier molecular flexibility index (Phi) is 4.62. The topological polar surface area (TPSA) is 49.8 Å². The van der Waals surface area contributed by atoms with E-state index in [4.69, 9.17) is 9.84 Å². The first kappa shape index (κ1) is 13.8. The van der Waals surface area contributed by atoms with E-state index >= 15 is 0 Å². The monoisotopic (exact) mass is 255 g/mol. The second-order valence-electron chi connectivity index (χ2n) is 5.67. The summed E-state index contributed by atoms with van der Waals surface area (Å²) in [7, 11) is 1.72. The number of carbonyl (C=O) groups is 1. The molecule has 1 atom stereocenters. The van der Waals surface area contributed by atoms with Gasteiger partial charge in [0.1, 0.15) is 0 Å². The van der Waals surface area contributed by atoms with Gasteiger partial charge >= 0.3 is 0 Å².